The molecular weight excluding hydrogens is 202 g/mol. The average molecular weight is 221 g/mol. The van der Waals surface area contributed by atoms with Crippen LogP contribution in [0.2, 0.25) is 0 Å². The van der Waals surface area contributed by atoms with Crippen LogP contribution in [0.5, 0.6) is 0 Å². The van der Waals surface area contributed by atoms with Gasteiger partial charge in [0.2, 0.25) is 0 Å². The number of rotatable bonds is 4. The molecule has 1 fully saturated rings. The summed E-state index contributed by atoms with van der Waals surface area (Å²) < 4.78 is 0. The number of aromatic nitrogens is 2. The van der Waals surface area contributed by atoms with E-state index in [1.807, 2.05) is 13.8 Å². The van der Waals surface area contributed by atoms with Gasteiger partial charge in [-0.25, -0.2) is 15.8 Å². The van der Waals surface area contributed by atoms with Crippen molar-refractivity contribution in [3.8, 4) is 0 Å². The fourth-order valence-electron chi connectivity index (χ4n) is 1.63. The lowest BCUT2D eigenvalue weighted by Gasteiger charge is -2.14. The Morgan fingerprint density at radius 3 is 2.44 bits per heavy atom. The zero-order chi connectivity index (χ0) is 11.8. The minimum Gasteiger partial charge on any atom is -0.369 e. The zero-order valence-electron chi connectivity index (χ0n) is 10.1. The van der Waals surface area contributed by atoms with Crippen LogP contribution >= 0.6 is 0 Å². The number of nitrogens with zero attached hydrogens (tertiary/aromatic N) is 2. The maximum absolute atomic E-state index is 5.41. The lowest BCUT2D eigenvalue weighted by atomic mass is 10.1. The topological polar surface area (TPSA) is 75.9 Å². The Bertz CT molecular complexity index is 398. The molecule has 16 heavy (non-hydrogen) atoms. The molecule has 1 aliphatic carbocycles. The van der Waals surface area contributed by atoms with Gasteiger partial charge >= 0.3 is 0 Å². The highest BCUT2D eigenvalue weighted by Crippen LogP contribution is 2.44. The maximum atomic E-state index is 5.41. The molecule has 0 spiro atoms. The number of hydrogen-bond acceptors (Lipinski definition) is 5. The van der Waals surface area contributed by atoms with Gasteiger partial charge in [0.05, 0.1) is 0 Å². The van der Waals surface area contributed by atoms with Crippen LogP contribution in [-0.2, 0) is 0 Å². The second-order valence-corrected chi connectivity index (χ2v) is 4.90. The van der Waals surface area contributed by atoms with Gasteiger partial charge in [0.15, 0.2) is 0 Å². The molecule has 0 atom stereocenters. The van der Waals surface area contributed by atoms with Gasteiger partial charge in [0.25, 0.3) is 0 Å². The van der Waals surface area contributed by atoms with Crippen LogP contribution in [0.15, 0.2) is 0 Å². The van der Waals surface area contributed by atoms with E-state index in [1.54, 1.807) is 0 Å². The van der Waals surface area contributed by atoms with E-state index in [0.29, 0.717) is 11.2 Å². The number of aryl methyl sites for hydroxylation is 1. The van der Waals surface area contributed by atoms with Gasteiger partial charge in [0.1, 0.15) is 17.5 Å². The lowest BCUT2D eigenvalue weighted by molar-refractivity contribution is 0.608. The zero-order valence-corrected chi connectivity index (χ0v) is 10.1. The third-order valence-corrected chi connectivity index (χ3v) is 3.18. The van der Waals surface area contributed by atoms with Crippen molar-refractivity contribution in [2.24, 2.45) is 11.3 Å². The fraction of sp³-hybridized carbons (Fsp3) is 0.636. The predicted octanol–water partition coefficient (Wildman–Crippen LogP) is 1.59. The van der Waals surface area contributed by atoms with E-state index < -0.39 is 0 Å². The first kappa shape index (κ1) is 11.1. The first-order valence-electron chi connectivity index (χ1n) is 5.60. The lowest BCUT2D eigenvalue weighted by Crippen LogP contribution is -2.17. The standard InChI is InChI=1S/C11H19N5/c1-7-9(13-6-11(3)4-5-11)14-8(2)15-10(7)16-12/h4-6,12H2,1-3H3,(H2,13,14,15,16). The molecule has 88 valence electrons. The number of nitrogen functional groups attached to an aromatic ring is 1. The molecule has 0 bridgehead atoms. The number of hydrogen-bond donors (Lipinski definition) is 3. The summed E-state index contributed by atoms with van der Waals surface area (Å²) in [5.74, 6) is 7.71. The Kier molecular flexibility index (Phi) is 2.71. The van der Waals surface area contributed by atoms with Crippen molar-refractivity contribution in [2.45, 2.75) is 33.6 Å². The Morgan fingerprint density at radius 1 is 1.25 bits per heavy atom. The van der Waals surface area contributed by atoms with Crippen molar-refractivity contribution in [1.29, 1.82) is 0 Å². The van der Waals surface area contributed by atoms with E-state index in [9.17, 15) is 0 Å². The van der Waals surface area contributed by atoms with E-state index in [-0.39, 0.29) is 0 Å². The predicted molar refractivity (Wildman–Crippen MR) is 65.1 cm³/mol. The highest BCUT2D eigenvalue weighted by atomic mass is 15.3. The van der Waals surface area contributed by atoms with Gasteiger partial charge in [-0.05, 0) is 32.1 Å². The van der Waals surface area contributed by atoms with Gasteiger partial charge in [-0.3, -0.25) is 0 Å². The molecule has 1 heterocycles. The summed E-state index contributed by atoms with van der Waals surface area (Å²) >= 11 is 0. The van der Waals surface area contributed by atoms with Gasteiger partial charge in [-0.15, -0.1) is 0 Å². The van der Waals surface area contributed by atoms with Crippen molar-refractivity contribution in [3.63, 3.8) is 0 Å². The van der Waals surface area contributed by atoms with Crippen molar-refractivity contribution < 1.29 is 0 Å². The first-order valence-corrected chi connectivity index (χ1v) is 5.60. The van der Waals surface area contributed by atoms with Crippen LogP contribution < -0.4 is 16.6 Å². The summed E-state index contributed by atoms with van der Waals surface area (Å²) in [5.41, 5.74) is 4.03. The minimum absolute atomic E-state index is 0.460. The Morgan fingerprint density at radius 2 is 1.88 bits per heavy atom. The van der Waals surface area contributed by atoms with Gasteiger partial charge in [-0.1, -0.05) is 6.92 Å². The highest BCUT2D eigenvalue weighted by Gasteiger charge is 2.37. The van der Waals surface area contributed by atoms with Crippen molar-refractivity contribution in [1.82, 2.24) is 9.97 Å². The Hall–Kier alpha value is -1.36. The van der Waals surface area contributed by atoms with E-state index in [1.165, 1.54) is 12.8 Å². The minimum atomic E-state index is 0.460. The number of nitrogens with two attached hydrogens (primary N) is 1. The molecule has 2 rings (SSSR count). The maximum Gasteiger partial charge on any atom is 0.148 e. The largest absolute Gasteiger partial charge is 0.369 e. The van der Waals surface area contributed by atoms with Crippen LogP contribution in [0.1, 0.15) is 31.2 Å². The summed E-state index contributed by atoms with van der Waals surface area (Å²) in [7, 11) is 0. The molecule has 0 aliphatic heterocycles. The highest BCUT2D eigenvalue weighted by molar-refractivity contribution is 5.56. The third kappa shape index (κ3) is 2.24. The number of anilines is 2. The van der Waals surface area contributed by atoms with Gasteiger partial charge in [-0.2, -0.15) is 0 Å². The molecule has 0 aromatic carbocycles. The quantitative estimate of drug-likeness (QED) is 0.532. The summed E-state index contributed by atoms with van der Waals surface area (Å²) in [6.07, 6.45) is 2.59. The molecule has 1 aliphatic rings. The van der Waals surface area contributed by atoms with Gasteiger partial charge in [0, 0.05) is 12.1 Å². The Labute approximate surface area is 95.8 Å². The molecule has 0 radical (unpaired) electrons. The molecule has 5 heteroatoms. The molecule has 5 nitrogen and oxygen atoms in total. The smallest absolute Gasteiger partial charge is 0.148 e. The molecule has 0 saturated heterocycles. The fourth-order valence-corrected chi connectivity index (χ4v) is 1.63. The normalized spacial score (nSPS) is 17.0. The first-order chi connectivity index (χ1) is 7.54. The average Bonchev–Trinajstić information content (AvgIpc) is 2.98. The second kappa shape index (κ2) is 3.90. The van der Waals surface area contributed by atoms with Crippen LogP contribution in [0, 0.1) is 19.3 Å². The molecule has 4 N–H and O–H groups in total. The number of nitrogens with one attached hydrogen (secondary N) is 2. The Balaban J connectivity index is 2.15. The van der Waals surface area contributed by atoms with Crippen LogP contribution in [-0.4, -0.2) is 16.5 Å². The van der Waals surface area contributed by atoms with Crippen molar-refractivity contribution in [2.75, 3.05) is 17.3 Å². The SMILES string of the molecule is Cc1nc(NN)c(C)c(NCC2(C)CC2)n1. The molecule has 1 saturated carbocycles. The van der Waals surface area contributed by atoms with Gasteiger partial charge < -0.3 is 10.7 Å². The van der Waals surface area contributed by atoms with Crippen molar-refractivity contribution in [3.05, 3.63) is 11.4 Å². The van der Waals surface area contributed by atoms with E-state index in [2.05, 4.69) is 27.6 Å². The van der Waals surface area contributed by atoms with Crippen LogP contribution in [0.4, 0.5) is 11.6 Å². The summed E-state index contributed by atoms with van der Waals surface area (Å²) in [4.78, 5) is 8.62. The monoisotopic (exact) mass is 221 g/mol. The number of hydrazine groups is 1. The van der Waals surface area contributed by atoms with Crippen LogP contribution in [0.3, 0.4) is 0 Å². The summed E-state index contributed by atoms with van der Waals surface area (Å²) in [6.45, 7) is 7.08. The summed E-state index contributed by atoms with van der Waals surface area (Å²) in [6, 6.07) is 0. The van der Waals surface area contributed by atoms with E-state index in [4.69, 9.17) is 5.84 Å². The second-order valence-electron chi connectivity index (χ2n) is 4.90. The van der Waals surface area contributed by atoms with E-state index >= 15 is 0 Å². The van der Waals surface area contributed by atoms with E-state index in [0.717, 1.165) is 23.8 Å². The molecule has 0 amide bonds. The molecule has 0 unspecified atom stereocenters. The van der Waals surface area contributed by atoms with Crippen molar-refractivity contribution >= 4 is 11.6 Å². The molecule has 1 aromatic heterocycles. The van der Waals surface area contributed by atoms with Crippen LogP contribution in [0.25, 0.3) is 0 Å². The molecular formula is C11H19N5. The third-order valence-electron chi connectivity index (χ3n) is 3.18. The molecule has 1 aromatic rings. The summed E-state index contributed by atoms with van der Waals surface area (Å²) in [5, 5.41) is 3.38.